The van der Waals surface area contributed by atoms with Gasteiger partial charge < -0.3 is 5.11 Å². The predicted octanol–water partition coefficient (Wildman–Crippen LogP) is 3.52. The molecule has 0 amide bonds. The topological polar surface area (TPSA) is 33.1 Å². The van der Waals surface area contributed by atoms with Gasteiger partial charge in [0.1, 0.15) is 0 Å². The average Bonchev–Trinajstić information content (AvgIpc) is 3.29. The first kappa shape index (κ1) is 13.0. The molecule has 5 atom stereocenters. The molecule has 2 aliphatic rings. The van der Waals surface area contributed by atoms with Gasteiger partial charge in [-0.3, -0.25) is 4.98 Å². The number of pyridine rings is 1. The Morgan fingerprint density at radius 3 is 2.71 bits per heavy atom. The highest BCUT2D eigenvalue weighted by Gasteiger charge is 2.56. The molecule has 1 aromatic heterocycles. The number of rotatable bonds is 3. The van der Waals surface area contributed by atoms with E-state index in [0.717, 1.165) is 0 Å². The lowest BCUT2D eigenvalue weighted by molar-refractivity contribution is 0.118. The zero-order valence-corrected chi connectivity index (χ0v) is 12.3. The zero-order chi connectivity index (χ0) is 14.4. The van der Waals surface area contributed by atoms with E-state index in [9.17, 15) is 5.11 Å². The van der Waals surface area contributed by atoms with E-state index in [1.165, 1.54) is 29.5 Å². The van der Waals surface area contributed by atoms with Gasteiger partial charge in [0.25, 0.3) is 0 Å². The van der Waals surface area contributed by atoms with Gasteiger partial charge in [0.05, 0.1) is 6.10 Å². The summed E-state index contributed by atoms with van der Waals surface area (Å²) in [4.78, 5) is 4.07. The monoisotopic (exact) mass is 279 g/mol. The highest BCUT2D eigenvalue weighted by Crippen LogP contribution is 2.62. The van der Waals surface area contributed by atoms with E-state index in [2.05, 4.69) is 36.2 Å². The first-order chi connectivity index (χ1) is 10.3. The molecule has 2 nitrogen and oxygen atoms in total. The van der Waals surface area contributed by atoms with Crippen LogP contribution in [0.4, 0.5) is 0 Å². The lowest BCUT2D eigenvalue weighted by Gasteiger charge is -2.19. The smallest absolute Gasteiger partial charge is 0.0643 e. The second-order valence-electron chi connectivity index (χ2n) is 6.56. The molecule has 21 heavy (non-hydrogen) atoms. The van der Waals surface area contributed by atoms with E-state index < -0.39 is 0 Å². The van der Waals surface area contributed by atoms with Crippen LogP contribution in [-0.2, 0) is 6.42 Å². The van der Waals surface area contributed by atoms with Crippen molar-refractivity contribution in [1.82, 2.24) is 4.98 Å². The predicted molar refractivity (Wildman–Crippen MR) is 83.1 cm³/mol. The lowest BCUT2D eigenvalue weighted by Crippen LogP contribution is -2.19. The third-order valence-corrected chi connectivity index (χ3v) is 5.53. The fourth-order valence-corrected chi connectivity index (χ4v) is 4.28. The van der Waals surface area contributed by atoms with Crippen molar-refractivity contribution in [3.8, 4) is 0 Å². The van der Waals surface area contributed by atoms with Crippen LogP contribution in [0.25, 0.3) is 0 Å². The molecule has 1 heterocycles. The van der Waals surface area contributed by atoms with Gasteiger partial charge in [0.2, 0.25) is 0 Å². The molecular formula is C19H21NO. The highest BCUT2D eigenvalue weighted by atomic mass is 16.3. The van der Waals surface area contributed by atoms with E-state index in [0.29, 0.717) is 17.8 Å². The van der Waals surface area contributed by atoms with E-state index >= 15 is 0 Å². The minimum atomic E-state index is -0.256. The second kappa shape index (κ2) is 4.96. The van der Waals surface area contributed by atoms with E-state index in [4.69, 9.17) is 0 Å². The van der Waals surface area contributed by atoms with E-state index in [1.807, 2.05) is 24.5 Å². The summed E-state index contributed by atoms with van der Waals surface area (Å²) < 4.78 is 0. The summed E-state index contributed by atoms with van der Waals surface area (Å²) in [5.41, 5.74) is 4.17. The Labute approximate surface area is 125 Å². The Bertz CT molecular complexity index is 639. The molecule has 0 saturated heterocycles. The van der Waals surface area contributed by atoms with Crippen molar-refractivity contribution in [3.05, 3.63) is 65.5 Å². The maximum Gasteiger partial charge on any atom is 0.0643 e. The SMILES string of the molecule is CC(c1ccncc1)C(O)C1C2CCc3ccccc3C21. The molecule has 0 radical (unpaired) electrons. The van der Waals surface area contributed by atoms with Crippen molar-refractivity contribution in [2.75, 3.05) is 0 Å². The number of hydrogen-bond acceptors (Lipinski definition) is 2. The normalized spacial score (nSPS) is 29.1. The van der Waals surface area contributed by atoms with Crippen LogP contribution in [-0.4, -0.2) is 16.2 Å². The summed E-state index contributed by atoms with van der Waals surface area (Å²) in [6, 6.07) is 12.8. The highest BCUT2D eigenvalue weighted by molar-refractivity contribution is 5.40. The summed E-state index contributed by atoms with van der Waals surface area (Å²) in [6.07, 6.45) is 5.77. The second-order valence-corrected chi connectivity index (χ2v) is 6.56. The molecule has 1 fully saturated rings. The molecule has 4 rings (SSSR count). The number of aliphatic hydroxyl groups excluding tert-OH is 1. The summed E-state index contributed by atoms with van der Waals surface area (Å²) in [6.45, 7) is 2.14. The Hall–Kier alpha value is -1.67. The number of aryl methyl sites for hydroxylation is 1. The molecule has 2 aromatic rings. The standard InChI is InChI=1S/C19H21NO/c1-12(13-8-10-20-11-9-13)19(21)18-16-7-6-14-4-2-3-5-15(14)17(16)18/h2-5,8-12,16-19,21H,6-7H2,1H3. The molecule has 0 aliphatic heterocycles. The Balaban J connectivity index is 1.57. The fourth-order valence-electron chi connectivity index (χ4n) is 4.28. The van der Waals surface area contributed by atoms with Crippen LogP contribution in [0.3, 0.4) is 0 Å². The van der Waals surface area contributed by atoms with Crippen LogP contribution in [0.1, 0.15) is 41.9 Å². The van der Waals surface area contributed by atoms with Gasteiger partial charge in [-0.15, -0.1) is 0 Å². The van der Waals surface area contributed by atoms with Crippen molar-refractivity contribution in [3.63, 3.8) is 0 Å². The van der Waals surface area contributed by atoms with Crippen LogP contribution in [0.15, 0.2) is 48.8 Å². The molecule has 1 saturated carbocycles. The third-order valence-electron chi connectivity index (χ3n) is 5.53. The first-order valence-corrected chi connectivity index (χ1v) is 7.93. The van der Waals surface area contributed by atoms with Crippen LogP contribution in [0, 0.1) is 11.8 Å². The Morgan fingerprint density at radius 1 is 1.14 bits per heavy atom. The van der Waals surface area contributed by atoms with Gasteiger partial charge in [0.15, 0.2) is 0 Å². The minimum Gasteiger partial charge on any atom is -0.392 e. The number of hydrogen-bond donors (Lipinski definition) is 1. The average molecular weight is 279 g/mol. The number of aromatic nitrogens is 1. The van der Waals surface area contributed by atoms with Crippen molar-refractivity contribution in [2.45, 2.75) is 37.7 Å². The van der Waals surface area contributed by atoms with Crippen molar-refractivity contribution >= 4 is 0 Å². The van der Waals surface area contributed by atoms with Gasteiger partial charge in [-0.05, 0) is 59.4 Å². The summed E-state index contributed by atoms with van der Waals surface area (Å²) in [5.74, 6) is 1.86. The fraction of sp³-hybridized carbons (Fsp3) is 0.421. The van der Waals surface area contributed by atoms with Crippen LogP contribution in [0.5, 0.6) is 0 Å². The van der Waals surface area contributed by atoms with Gasteiger partial charge in [-0.25, -0.2) is 0 Å². The summed E-state index contributed by atoms with van der Waals surface area (Å²) >= 11 is 0. The van der Waals surface area contributed by atoms with Gasteiger partial charge in [-0.1, -0.05) is 31.2 Å². The summed E-state index contributed by atoms with van der Waals surface area (Å²) in [7, 11) is 0. The van der Waals surface area contributed by atoms with Crippen molar-refractivity contribution in [1.29, 1.82) is 0 Å². The maximum absolute atomic E-state index is 10.8. The van der Waals surface area contributed by atoms with Crippen LogP contribution < -0.4 is 0 Å². The Kier molecular flexibility index (Phi) is 3.07. The molecule has 1 aromatic carbocycles. The lowest BCUT2D eigenvalue weighted by atomic mass is 9.91. The minimum absolute atomic E-state index is 0.177. The van der Waals surface area contributed by atoms with Crippen LogP contribution >= 0.6 is 0 Å². The zero-order valence-electron chi connectivity index (χ0n) is 12.3. The van der Waals surface area contributed by atoms with Crippen molar-refractivity contribution < 1.29 is 5.11 Å². The quantitative estimate of drug-likeness (QED) is 0.932. The summed E-state index contributed by atoms with van der Waals surface area (Å²) in [5, 5.41) is 10.8. The number of benzene rings is 1. The molecule has 0 bridgehead atoms. The molecule has 0 spiro atoms. The number of aliphatic hydroxyl groups is 1. The number of nitrogens with zero attached hydrogens (tertiary/aromatic N) is 1. The Morgan fingerprint density at radius 2 is 1.90 bits per heavy atom. The van der Waals surface area contributed by atoms with E-state index in [1.54, 1.807) is 0 Å². The van der Waals surface area contributed by atoms with Crippen molar-refractivity contribution in [2.24, 2.45) is 11.8 Å². The molecule has 2 aliphatic carbocycles. The molecule has 5 unspecified atom stereocenters. The number of fused-ring (bicyclic) bond motifs is 3. The maximum atomic E-state index is 10.8. The molecular weight excluding hydrogens is 258 g/mol. The molecule has 2 heteroatoms. The van der Waals surface area contributed by atoms with E-state index in [-0.39, 0.29) is 12.0 Å². The van der Waals surface area contributed by atoms with Gasteiger partial charge in [0, 0.05) is 18.3 Å². The van der Waals surface area contributed by atoms with Crippen LogP contribution in [0.2, 0.25) is 0 Å². The first-order valence-electron chi connectivity index (χ1n) is 7.93. The molecule has 108 valence electrons. The third kappa shape index (κ3) is 2.09. The van der Waals surface area contributed by atoms with Gasteiger partial charge >= 0.3 is 0 Å². The largest absolute Gasteiger partial charge is 0.392 e. The van der Waals surface area contributed by atoms with Gasteiger partial charge in [-0.2, -0.15) is 0 Å². The molecule has 1 N–H and O–H groups in total.